The summed E-state index contributed by atoms with van der Waals surface area (Å²) in [6, 6.07) is 0. The molecule has 0 atom stereocenters. The van der Waals surface area contributed by atoms with E-state index in [0.29, 0.717) is 5.92 Å². The number of thiazole rings is 1. The molecular weight excluding hydrogens is 246 g/mol. The molecule has 2 heterocycles. The fourth-order valence-corrected chi connectivity index (χ4v) is 3.47. The van der Waals surface area contributed by atoms with E-state index in [1.165, 1.54) is 12.8 Å². The van der Waals surface area contributed by atoms with E-state index < -0.39 is 0 Å². The Morgan fingerprint density at radius 1 is 1.33 bits per heavy atom. The van der Waals surface area contributed by atoms with Crippen molar-refractivity contribution < 1.29 is 4.79 Å². The van der Waals surface area contributed by atoms with Gasteiger partial charge in [0.2, 0.25) is 0 Å². The first-order valence-corrected chi connectivity index (χ1v) is 7.56. The Kier molecular flexibility index (Phi) is 3.35. The zero-order valence-electron chi connectivity index (χ0n) is 10.8. The van der Waals surface area contributed by atoms with Crippen molar-refractivity contribution >= 4 is 22.8 Å². The first-order chi connectivity index (χ1) is 8.81. The van der Waals surface area contributed by atoms with Crippen LogP contribution in [0.25, 0.3) is 0 Å². The molecule has 0 bridgehead atoms. The molecule has 1 aliphatic carbocycles. The summed E-state index contributed by atoms with van der Waals surface area (Å²) < 4.78 is 0. The zero-order valence-corrected chi connectivity index (χ0v) is 11.6. The van der Waals surface area contributed by atoms with E-state index in [4.69, 9.17) is 4.98 Å². The van der Waals surface area contributed by atoms with Crippen molar-refractivity contribution in [2.24, 2.45) is 0 Å². The Labute approximate surface area is 112 Å². The molecule has 0 amide bonds. The van der Waals surface area contributed by atoms with Gasteiger partial charge in [0.05, 0.1) is 10.6 Å². The van der Waals surface area contributed by atoms with Crippen LogP contribution >= 0.6 is 11.3 Å². The lowest BCUT2D eigenvalue weighted by Crippen LogP contribution is -2.46. The normalized spacial score (nSPS) is 21.3. The van der Waals surface area contributed by atoms with Gasteiger partial charge in [-0.15, -0.1) is 0 Å². The van der Waals surface area contributed by atoms with Crippen molar-refractivity contribution in [2.45, 2.75) is 25.7 Å². The molecule has 98 valence electrons. The number of aromatic nitrogens is 1. The SMILES string of the molecule is CCN1CCN(c2nc(C3CC3)c(C=O)s2)CC1. The molecule has 1 saturated heterocycles. The lowest BCUT2D eigenvalue weighted by molar-refractivity contribution is 0.112. The van der Waals surface area contributed by atoms with Gasteiger partial charge in [-0.05, 0) is 19.4 Å². The Hall–Kier alpha value is -0.940. The summed E-state index contributed by atoms with van der Waals surface area (Å²) in [6.45, 7) is 7.59. The highest BCUT2D eigenvalue weighted by Crippen LogP contribution is 2.43. The van der Waals surface area contributed by atoms with E-state index in [9.17, 15) is 4.79 Å². The average Bonchev–Trinajstić information content (AvgIpc) is 3.18. The molecule has 2 aliphatic rings. The summed E-state index contributed by atoms with van der Waals surface area (Å²) >= 11 is 1.57. The van der Waals surface area contributed by atoms with Gasteiger partial charge in [-0.2, -0.15) is 0 Å². The van der Waals surface area contributed by atoms with Gasteiger partial charge in [-0.25, -0.2) is 4.98 Å². The number of anilines is 1. The van der Waals surface area contributed by atoms with Crippen LogP contribution in [0.5, 0.6) is 0 Å². The molecule has 0 N–H and O–H groups in total. The van der Waals surface area contributed by atoms with Crippen molar-refractivity contribution in [3.05, 3.63) is 10.6 Å². The smallest absolute Gasteiger partial charge is 0.186 e. The quantitative estimate of drug-likeness (QED) is 0.780. The molecule has 1 aromatic rings. The number of aldehydes is 1. The van der Waals surface area contributed by atoms with Gasteiger partial charge >= 0.3 is 0 Å². The molecule has 0 spiro atoms. The molecule has 1 aromatic heterocycles. The molecule has 4 nitrogen and oxygen atoms in total. The van der Waals surface area contributed by atoms with E-state index in [1.807, 2.05) is 0 Å². The molecule has 5 heteroatoms. The molecule has 1 saturated carbocycles. The van der Waals surface area contributed by atoms with E-state index in [2.05, 4.69) is 16.7 Å². The summed E-state index contributed by atoms with van der Waals surface area (Å²) in [5.41, 5.74) is 1.06. The minimum Gasteiger partial charge on any atom is -0.346 e. The van der Waals surface area contributed by atoms with Crippen LogP contribution in [-0.2, 0) is 0 Å². The van der Waals surface area contributed by atoms with Crippen LogP contribution in [0.3, 0.4) is 0 Å². The summed E-state index contributed by atoms with van der Waals surface area (Å²) in [6.07, 6.45) is 3.39. The summed E-state index contributed by atoms with van der Waals surface area (Å²) in [7, 11) is 0. The number of hydrogen-bond acceptors (Lipinski definition) is 5. The largest absolute Gasteiger partial charge is 0.346 e. The fraction of sp³-hybridized carbons (Fsp3) is 0.692. The second-order valence-corrected chi connectivity index (χ2v) is 6.07. The maximum Gasteiger partial charge on any atom is 0.186 e. The lowest BCUT2D eigenvalue weighted by atomic mass is 10.3. The van der Waals surface area contributed by atoms with Gasteiger partial charge in [0, 0.05) is 32.1 Å². The Morgan fingerprint density at radius 3 is 2.61 bits per heavy atom. The maximum absolute atomic E-state index is 11.1. The van der Waals surface area contributed by atoms with E-state index >= 15 is 0 Å². The van der Waals surface area contributed by atoms with E-state index in [-0.39, 0.29) is 0 Å². The zero-order chi connectivity index (χ0) is 12.5. The van der Waals surface area contributed by atoms with Crippen LogP contribution in [0.15, 0.2) is 0 Å². The van der Waals surface area contributed by atoms with Crippen LogP contribution in [0.4, 0.5) is 5.13 Å². The number of carbonyl (C=O) groups excluding carboxylic acids is 1. The first-order valence-electron chi connectivity index (χ1n) is 6.75. The summed E-state index contributed by atoms with van der Waals surface area (Å²) in [4.78, 5) is 21.4. The topological polar surface area (TPSA) is 36.4 Å². The van der Waals surface area contributed by atoms with Crippen LogP contribution < -0.4 is 4.90 Å². The van der Waals surface area contributed by atoms with Crippen molar-refractivity contribution in [1.82, 2.24) is 9.88 Å². The highest BCUT2D eigenvalue weighted by molar-refractivity contribution is 7.17. The van der Waals surface area contributed by atoms with Gasteiger partial charge in [-0.3, -0.25) is 4.79 Å². The lowest BCUT2D eigenvalue weighted by Gasteiger charge is -2.33. The first kappa shape index (κ1) is 12.1. The molecule has 3 rings (SSSR count). The molecular formula is C13H19N3OS. The third kappa shape index (κ3) is 2.29. The van der Waals surface area contributed by atoms with Crippen LogP contribution in [0.1, 0.15) is 41.0 Å². The minimum absolute atomic E-state index is 0.562. The Bertz CT molecular complexity index is 433. The number of likely N-dealkylation sites (N-methyl/N-ethyl adjacent to an activating group) is 1. The van der Waals surface area contributed by atoms with E-state index in [0.717, 1.165) is 54.7 Å². The van der Waals surface area contributed by atoms with Gasteiger partial charge in [-0.1, -0.05) is 18.3 Å². The second kappa shape index (κ2) is 4.97. The second-order valence-electron chi connectivity index (χ2n) is 5.06. The maximum atomic E-state index is 11.1. The van der Waals surface area contributed by atoms with Gasteiger partial charge in [0.1, 0.15) is 0 Å². The van der Waals surface area contributed by atoms with Crippen molar-refractivity contribution in [2.75, 3.05) is 37.6 Å². The van der Waals surface area contributed by atoms with Gasteiger partial charge in [0.15, 0.2) is 11.4 Å². The fourth-order valence-electron chi connectivity index (χ4n) is 2.46. The van der Waals surface area contributed by atoms with Gasteiger partial charge in [0.25, 0.3) is 0 Å². The number of nitrogens with zero attached hydrogens (tertiary/aromatic N) is 3. The number of piperazine rings is 1. The highest BCUT2D eigenvalue weighted by atomic mass is 32.1. The van der Waals surface area contributed by atoms with Crippen LogP contribution in [0, 0.1) is 0 Å². The summed E-state index contributed by atoms with van der Waals surface area (Å²) in [5.74, 6) is 0.562. The molecule has 0 radical (unpaired) electrons. The molecule has 0 unspecified atom stereocenters. The third-order valence-electron chi connectivity index (χ3n) is 3.83. The third-order valence-corrected chi connectivity index (χ3v) is 4.89. The predicted octanol–water partition coefficient (Wildman–Crippen LogP) is 1.97. The standard InChI is InChI=1S/C13H19N3OS/c1-2-15-5-7-16(8-6-15)13-14-12(10-3-4-10)11(9-17)18-13/h9-10H,2-8H2,1H3. The number of hydrogen-bond donors (Lipinski definition) is 0. The number of rotatable bonds is 4. The average molecular weight is 265 g/mol. The van der Waals surface area contributed by atoms with Crippen molar-refractivity contribution in [1.29, 1.82) is 0 Å². The molecule has 1 aliphatic heterocycles. The van der Waals surface area contributed by atoms with Crippen molar-refractivity contribution in [3.63, 3.8) is 0 Å². The van der Waals surface area contributed by atoms with Crippen LogP contribution in [-0.4, -0.2) is 48.9 Å². The Balaban J connectivity index is 1.74. The Morgan fingerprint density at radius 2 is 2.06 bits per heavy atom. The number of carbonyl (C=O) groups is 1. The molecule has 18 heavy (non-hydrogen) atoms. The summed E-state index contributed by atoms with van der Waals surface area (Å²) in [5, 5.41) is 1.05. The van der Waals surface area contributed by atoms with Gasteiger partial charge < -0.3 is 9.80 Å². The molecule has 0 aromatic carbocycles. The molecule has 2 fully saturated rings. The predicted molar refractivity (Wildman–Crippen MR) is 73.8 cm³/mol. The van der Waals surface area contributed by atoms with Crippen LogP contribution in [0.2, 0.25) is 0 Å². The minimum atomic E-state index is 0.562. The highest BCUT2D eigenvalue weighted by Gasteiger charge is 2.30. The van der Waals surface area contributed by atoms with Crippen molar-refractivity contribution in [3.8, 4) is 0 Å². The van der Waals surface area contributed by atoms with E-state index in [1.54, 1.807) is 11.3 Å². The monoisotopic (exact) mass is 265 g/mol.